The highest BCUT2D eigenvalue weighted by atomic mass is 35.5. The summed E-state index contributed by atoms with van der Waals surface area (Å²) in [5.74, 6) is -0.873. The van der Waals surface area contributed by atoms with Gasteiger partial charge in [-0.05, 0) is 43.7 Å². The van der Waals surface area contributed by atoms with Gasteiger partial charge in [-0.1, -0.05) is 45.8 Å². The van der Waals surface area contributed by atoms with E-state index in [9.17, 15) is 9.18 Å². The second-order valence-corrected chi connectivity index (χ2v) is 7.95. The number of amides is 1. The van der Waals surface area contributed by atoms with Gasteiger partial charge in [0.1, 0.15) is 22.8 Å². The molecule has 0 saturated heterocycles. The maximum Gasteiger partial charge on any atom is 0.263 e. The molecule has 0 radical (unpaired) electrons. The van der Waals surface area contributed by atoms with E-state index in [2.05, 4.69) is 15.5 Å². The predicted octanol–water partition coefficient (Wildman–Crippen LogP) is 6.27. The first kappa shape index (κ1) is 18.9. The molecule has 5 nitrogen and oxygen atoms in total. The molecule has 142 valence electrons. The summed E-state index contributed by atoms with van der Waals surface area (Å²) >= 11 is 13.6. The van der Waals surface area contributed by atoms with Crippen LogP contribution < -0.4 is 5.32 Å². The van der Waals surface area contributed by atoms with Gasteiger partial charge in [0.05, 0.1) is 20.8 Å². The fraction of sp³-hybridized carbons (Fsp3) is 0.105. The van der Waals surface area contributed by atoms with Crippen molar-refractivity contribution in [2.45, 2.75) is 13.8 Å². The summed E-state index contributed by atoms with van der Waals surface area (Å²) in [7, 11) is 0. The number of aromatic nitrogens is 2. The van der Waals surface area contributed by atoms with E-state index >= 15 is 0 Å². The van der Waals surface area contributed by atoms with E-state index in [1.54, 1.807) is 13.0 Å². The maximum atomic E-state index is 14.3. The number of anilines is 1. The Morgan fingerprint density at radius 1 is 1.21 bits per heavy atom. The molecular formula is C19H12Cl2FN3O2S. The molecule has 4 aromatic rings. The summed E-state index contributed by atoms with van der Waals surface area (Å²) in [6, 6.07) is 7.88. The number of aryl methyl sites for hydroxylation is 2. The average molecular weight is 436 g/mol. The van der Waals surface area contributed by atoms with Crippen LogP contribution in [0.2, 0.25) is 10.0 Å². The first-order valence-electron chi connectivity index (χ1n) is 8.14. The highest BCUT2D eigenvalue weighted by molar-refractivity contribution is 7.22. The molecule has 0 aliphatic carbocycles. The van der Waals surface area contributed by atoms with E-state index in [0.717, 1.165) is 10.3 Å². The summed E-state index contributed by atoms with van der Waals surface area (Å²) < 4.78 is 20.3. The third-order valence-corrected chi connectivity index (χ3v) is 5.83. The van der Waals surface area contributed by atoms with Crippen LogP contribution in [0.15, 0.2) is 34.9 Å². The zero-order chi connectivity index (χ0) is 20.0. The molecule has 0 aliphatic heterocycles. The van der Waals surface area contributed by atoms with E-state index in [0.29, 0.717) is 15.7 Å². The summed E-state index contributed by atoms with van der Waals surface area (Å²) in [6.07, 6.45) is 0. The number of halogens is 3. The van der Waals surface area contributed by atoms with Crippen LogP contribution in [-0.4, -0.2) is 16.0 Å². The van der Waals surface area contributed by atoms with Crippen LogP contribution in [0.4, 0.5) is 9.52 Å². The molecule has 2 aromatic heterocycles. The molecule has 1 amide bonds. The Kier molecular flexibility index (Phi) is 4.82. The predicted molar refractivity (Wildman–Crippen MR) is 109 cm³/mol. The lowest BCUT2D eigenvalue weighted by molar-refractivity contribution is 0.102. The van der Waals surface area contributed by atoms with Crippen LogP contribution in [0.25, 0.3) is 21.5 Å². The third-order valence-electron chi connectivity index (χ3n) is 4.18. The van der Waals surface area contributed by atoms with Crippen LogP contribution in [0.1, 0.15) is 21.7 Å². The Bertz CT molecular complexity index is 1180. The topological polar surface area (TPSA) is 68.0 Å². The standard InChI is InChI=1S/C19H12Cl2FN3O2S/c1-8-6-14-13(7-11(8)21)23-19(28-14)24-18(26)15-9(2)27-25-17(15)16-10(20)4-3-5-12(16)22/h3-7H,1-2H3,(H,23,24,26). The first-order chi connectivity index (χ1) is 13.3. The van der Waals surface area contributed by atoms with Crippen molar-refractivity contribution >= 4 is 55.8 Å². The molecular weight excluding hydrogens is 424 g/mol. The summed E-state index contributed by atoms with van der Waals surface area (Å²) in [6.45, 7) is 3.46. The van der Waals surface area contributed by atoms with Crippen molar-refractivity contribution < 1.29 is 13.7 Å². The Balaban J connectivity index is 1.73. The first-order valence-corrected chi connectivity index (χ1v) is 9.71. The molecule has 0 unspecified atom stereocenters. The molecule has 0 saturated carbocycles. The molecule has 28 heavy (non-hydrogen) atoms. The molecule has 2 aromatic carbocycles. The summed E-state index contributed by atoms with van der Waals surface area (Å²) in [5.41, 5.74) is 1.74. The number of rotatable bonds is 3. The van der Waals surface area contributed by atoms with Crippen LogP contribution in [0, 0.1) is 19.7 Å². The van der Waals surface area contributed by atoms with E-state index < -0.39 is 11.7 Å². The van der Waals surface area contributed by atoms with E-state index in [1.807, 2.05) is 13.0 Å². The van der Waals surface area contributed by atoms with Gasteiger partial charge in [0.25, 0.3) is 5.91 Å². The fourth-order valence-corrected chi connectivity index (χ4v) is 4.15. The van der Waals surface area contributed by atoms with Crippen LogP contribution in [0.3, 0.4) is 0 Å². The van der Waals surface area contributed by atoms with Gasteiger partial charge in [-0.3, -0.25) is 10.1 Å². The number of carbonyl (C=O) groups is 1. The van der Waals surface area contributed by atoms with Gasteiger partial charge in [-0.25, -0.2) is 9.37 Å². The average Bonchev–Trinajstić information content (AvgIpc) is 3.18. The molecule has 0 spiro atoms. The van der Waals surface area contributed by atoms with Gasteiger partial charge in [0.2, 0.25) is 0 Å². The third kappa shape index (κ3) is 3.26. The number of hydrogen-bond donors (Lipinski definition) is 1. The number of nitrogens with zero attached hydrogens (tertiary/aromatic N) is 2. The molecule has 4 rings (SSSR count). The summed E-state index contributed by atoms with van der Waals surface area (Å²) in [4.78, 5) is 17.3. The minimum Gasteiger partial charge on any atom is -0.360 e. The molecule has 2 heterocycles. The van der Waals surface area contributed by atoms with Gasteiger partial charge in [-0.15, -0.1) is 0 Å². The van der Waals surface area contributed by atoms with E-state index in [1.165, 1.54) is 29.5 Å². The SMILES string of the molecule is Cc1cc2sc(NC(=O)c3c(-c4c(F)cccc4Cl)noc3C)nc2cc1Cl. The minimum absolute atomic E-state index is 0.0119. The Morgan fingerprint density at radius 3 is 2.75 bits per heavy atom. The Hall–Kier alpha value is -2.48. The second kappa shape index (κ2) is 7.16. The van der Waals surface area contributed by atoms with Gasteiger partial charge in [0.15, 0.2) is 5.13 Å². The van der Waals surface area contributed by atoms with E-state index in [-0.39, 0.29) is 27.6 Å². The van der Waals surface area contributed by atoms with Crippen molar-refractivity contribution in [2.24, 2.45) is 0 Å². The lowest BCUT2D eigenvalue weighted by Gasteiger charge is -2.05. The Labute approximate surface area is 173 Å². The largest absolute Gasteiger partial charge is 0.360 e. The van der Waals surface area contributed by atoms with Crippen LogP contribution in [-0.2, 0) is 0 Å². The fourth-order valence-electron chi connectivity index (χ4n) is 2.80. The van der Waals surface area contributed by atoms with Gasteiger partial charge in [0, 0.05) is 5.02 Å². The van der Waals surface area contributed by atoms with Gasteiger partial charge in [-0.2, -0.15) is 0 Å². The van der Waals surface area contributed by atoms with Gasteiger partial charge < -0.3 is 4.52 Å². The number of nitrogens with one attached hydrogen (secondary N) is 1. The quantitative estimate of drug-likeness (QED) is 0.411. The van der Waals surface area contributed by atoms with Crippen molar-refractivity contribution in [3.8, 4) is 11.3 Å². The van der Waals surface area contributed by atoms with Crippen LogP contribution >= 0.6 is 34.5 Å². The zero-order valence-corrected chi connectivity index (χ0v) is 17.0. The zero-order valence-electron chi connectivity index (χ0n) is 14.6. The lowest BCUT2D eigenvalue weighted by atomic mass is 10.1. The Morgan fingerprint density at radius 2 is 2.00 bits per heavy atom. The van der Waals surface area contributed by atoms with Crippen molar-refractivity contribution in [1.29, 1.82) is 0 Å². The molecule has 0 aliphatic rings. The highest BCUT2D eigenvalue weighted by Gasteiger charge is 2.26. The summed E-state index contributed by atoms with van der Waals surface area (Å²) in [5, 5.41) is 7.68. The van der Waals surface area contributed by atoms with Crippen molar-refractivity contribution in [2.75, 3.05) is 5.32 Å². The maximum absolute atomic E-state index is 14.3. The molecule has 0 bridgehead atoms. The van der Waals surface area contributed by atoms with Gasteiger partial charge >= 0.3 is 0 Å². The van der Waals surface area contributed by atoms with Crippen molar-refractivity contribution in [3.63, 3.8) is 0 Å². The number of thiazole rings is 1. The number of carbonyl (C=O) groups excluding carboxylic acids is 1. The van der Waals surface area contributed by atoms with E-state index in [4.69, 9.17) is 27.7 Å². The monoisotopic (exact) mass is 435 g/mol. The smallest absolute Gasteiger partial charge is 0.263 e. The van der Waals surface area contributed by atoms with Crippen molar-refractivity contribution in [1.82, 2.24) is 10.1 Å². The number of fused-ring (bicyclic) bond motifs is 1. The lowest BCUT2D eigenvalue weighted by Crippen LogP contribution is -2.13. The second-order valence-electron chi connectivity index (χ2n) is 6.10. The highest BCUT2D eigenvalue weighted by Crippen LogP contribution is 2.35. The van der Waals surface area contributed by atoms with Crippen molar-refractivity contribution in [3.05, 3.63) is 63.1 Å². The molecule has 0 fully saturated rings. The molecule has 9 heteroatoms. The van der Waals surface area contributed by atoms with Crippen LogP contribution in [0.5, 0.6) is 0 Å². The molecule has 0 atom stereocenters. The minimum atomic E-state index is -0.597. The number of hydrogen-bond acceptors (Lipinski definition) is 5. The molecule has 1 N–H and O–H groups in total. The number of benzene rings is 2. The normalized spacial score (nSPS) is 11.2.